The Hall–Kier alpha value is -0.820. The molecule has 0 aromatic heterocycles. The number of nitrogens with two attached hydrogens (primary N) is 1. The van der Waals surface area contributed by atoms with Crippen molar-refractivity contribution in [1.29, 1.82) is 0 Å². The monoisotopic (exact) mass is 350 g/mol. The number of anilines is 2. The van der Waals surface area contributed by atoms with Crippen molar-refractivity contribution in [2.45, 2.75) is 18.9 Å². The zero-order valence-corrected chi connectivity index (χ0v) is 13.6. The van der Waals surface area contributed by atoms with Crippen LogP contribution in [0.2, 0.25) is 10.0 Å². The average molecular weight is 351 g/mol. The van der Waals surface area contributed by atoms with E-state index in [-0.39, 0.29) is 22.6 Å². The van der Waals surface area contributed by atoms with E-state index in [4.69, 9.17) is 33.7 Å². The molecule has 2 atom stereocenters. The van der Waals surface area contributed by atoms with Crippen molar-refractivity contribution < 1.29 is 13.7 Å². The smallest absolute Gasteiger partial charge is 0.237 e. The Labute approximate surface area is 135 Å². The molecule has 116 valence electrons. The molecule has 0 radical (unpaired) electrons. The standard InChI is InChI=1S/C13H16Cl2N2O3S/c14-8-4-10(15)13(11(16)5-8)17-12(18)7-21(19)6-9-2-1-3-20-9/h4-5,9H,1-3,6-7,16H2,(H,17,18). The second-order valence-electron chi connectivity index (χ2n) is 4.79. The third-order valence-electron chi connectivity index (χ3n) is 3.04. The fourth-order valence-electron chi connectivity index (χ4n) is 2.09. The molecule has 0 spiro atoms. The van der Waals surface area contributed by atoms with E-state index in [2.05, 4.69) is 5.32 Å². The third kappa shape index (κ3) is 4.85. The van der Waals surface area contributed by atoms with E-state index in [1.165, 1.54) is 12.1 Å². The Kier molecular flexibility index (Phi) is 5.87. The summed E-state index contributed by atoms with van der Waals surface area (Å²) in [5.41, 5.74) is 6.31. The van der Waals surface area contributed by atoms with Crippen LogP contribution in [0.4, 0.5) is 11.4 Å². The van der Waals surface area contributed by atoms with E-state index in [0.717, 1.165) is 12.8 Å². The lowest BCUT2D eigenvalue weighted by molar-refractivity contribution is -0.113. The van der Waals surface area contributed by atoms with Gasteiger partial charge in [-0.05, 0) is 25.0 Å². The van der Waals surface area contributed by atoms with Crippen LogP contribution in [0.1, 0.15) is 12.8 Å². The minimum atomic E-state index is -1.28. The SMILES string of the molecule is Nc1cc(Cl)cc(Cl)c1NC(=O)CS(=O)CC1CCCO1. The van der Waals surface area contributed by atoms with Gasteiger partial charge in [0.05, 0.1) is 28.3 Å². The quantitative estimate of drug-likeness (QED) is 0.799. The highest BCUT2D eigenvalue weighted by Crippen LogP contribution is 2.31. The van der Waals surface area contributed by atoms with Gasteiger partial charge in [0.2, 0.25) is 5.91 Å². The summed E-state index contributed by atoms with van der Waals surface area (Å²) in [4.78, 5) is 11.9. The van der Waals surface area contributed by atoms with Gasteiger partial charge in [-0.3, -0.25) is 9.00 Å². The Morgan fingerprint density at radius 3 is 2.86 bits per heavy atom. The molecule has 1 heterocycles. The first kappa shape index (κ1) is 16.5. The molecule has 2 unspecified atom stereocenters. The molecule has 3 N–H and O–H groups in total. The number of carbonyl (C=O) groups is 1. The number of ether oxygens (including phenoxy) is 1. The van der Waals surface area contributed by atoms with Crippen molar-refractivity contribution in [2.75, 3.05) is 29.2 Å². The molecule has 0 saturated carbocycles. The zero-order chi connectivity index (χ0) is 15.4. The summed E-state index contributed by atoms with van der Waals surface area (Å²) in [6.07, 6.45) is 1.86. The maximum Gasteiger partial charge on any atom is 0.237 e. The highest BCUT2D eigenvalue weighted by molar-refractivity contribution is 7.85. The summed E-state index contributed by atoms with van der Waals surface area (Å²) in [6, 6.07) is 2.98. The second-order valence-corrected chi connectivity index (χ2v) is 7.13. The molecule has 0 aliphatic carbocycles. The summed E-state index contributed by atoms with van der Waals surface area (Å²) >= 11 is 11.8. The minimum absolute atomic E-state index is 0.0113. The lowest BCUT2D eigenvalue weighted by atomic mass is 10.2. The summed E-state index contributed by atoms with van der Waals surface area (Å²) in [5, 5.41) is 3.21. The maximum absolute atomic E-state index is 11.9. The predicted molar refractivity (Wildman–Crippen MR) is 86.4 cm³/mol. The molecule has 1 fully saturated rings. The topological polar surface area (TPSA) is 81.4 Å². The molecular weight excluding hydrogens is 335 g/mol. The molecule has 1 aliphatic heterocycles. The van der Waals surface area contributed by atoms with Crippen LogP contribution in [0.3, 0.4) is 0 Å². The second kappa shape index (κ2) is 7.45. The molecular formula is C13H16Cl2N2O3S. The summed E-state index contributed by atoms with van der Waals surface area (Å²) in [7, 11) is -1.28. The summed E-state index contributed by atoms with van der Waals surface area (Å²) in [6.45, 7) is 0.699. The molecule has 1 amide bonds. The van der Waals surface area contributed by atoms with Gasteiger partial charge in [-0.2, -0.15) is 0 Å². The number of hydrogen-bond donors (Lipinski definition) is 2. The summed E-state index contributed by atoms with van der Waals surface area (Å²) < 4.78 is 17.3. The number of amides is 1. The van der Waals surface area contributed by atoms with Crippen LogP contribution in [0.25, 0.3) is 0 Å². The number of carbonyl (C=O) groups excluding carboxylic acids is 1. The minimum Gasteiger partial charge on any atom is -0.397 e. The van der Waals surface area contributed by atoms with Gasteiger partial charge in [0.25, 0.3) is 0 Å². The van der Waals surface area contributed by atoms with Crippen LogP contribution in [0.5, 0.6) is 0 Å². The summed E-state index contributed by atoms with van der Waals surface area (Å²) in [5.74, 6) is -0.141. The Morgan fingerprint density at radius 1 is 1.48 bits per heavy atom. The van der Waals surface area contributed by atoms with Crippen LogP contribution in [-0.2, 0) is 20.3 Å². The lowest BCUT2D eigenvalue weighted by Gasteiger charge is -2.12. The molecule has 5 nitrogen and oxygen atoms in total. The van der Waals surface area contributed by atoms with Crippen molar-refractivity contribution >= 4 is 51.3 Å². The highest BCUT2D eigenvalue weighted by atomic mass is 35.5. The number of rotatable bonds is 5. The van der Waals surface area contributed by atoms with E-state index in [1.807, 2.05) is 0 Å². The molecule has 0 bridgehead atoms. The fourth-order valence-corrected chi connectivity index (χ4v) is 3.81. The lowest BCUT2D eigenvalue weighted by Crippen LogP contribution is -2.25. The predicted octanol–water partition coefficient (Wildman–Crippen LogP) is 2.44. The van der Waals surface area contributed by atoms with Crippen LogP contribution < -0.4 is 11.1 Å². The van der Waals surface area contributed by atoms with Crippen molar-refractivity contribution in [2.24, 2.45) is 0 Å². The van der Waals surface area contributed by atoms with Crippen LogP contribution >= 0.6 is 23.2 Å². The maximum atomic E-state index is 11.9. The largest absolute Gasteiger partial charge is 0.397 e. The molecule has 1 aromatic carbocycles. The van der Waals surface area contributed by atoms with Gasteiger partial charge in [-0.15, -0.1) is 0 Å². The van der Waals surface area contributed by atoms with Gasteiger partial charge < -0.3 is 15.8 Å². The van der Waals surface area contributed by atoms with E-state index < -0.39 is 16.7 Å². The molecule has 1 aromatic rings. The third-order valence-corrected chi connectivity index (χ3v) is 4.88. The van der Waals surface area contributed by atoms with Gasteiger partial charge in [-0.25, -0.2) is 0 Å². The number of nitrogen functional groups attached to an aromatic ring is 1. The first-order valence-corrected chi connectivity index (χ1v) is 8.71. The zero-order valence-electron chi connectivity index (χ0n) is 11.2. The normalized spacial score (nSPS) is 19.4. The van der Waals surface area contributed by atoms with E-state index in [9.17, 15) is 9.00 Å². The van der Waals surface area contributed by atoms with Crippen molar-refractivity contribution in [3.63, 3.8) is 0 Å². The molecule has 2 rings (SSSR count). The Balaban J connectivity index is 1.91. The van der Waals surface area contributed by atoms with Crippen LogP contribution in [0, 0.1) is 0 Å². The van der Waals surface area contributed by atoms with E-state index in [0.29, 0.717) is 23.1 Å². The van der Waals surface area contributed by atoms with Gasteiger partial charge in [0.1, 0.15) is 5.75 Å². The average Bonchev–Trinajstić information content (AvgIpc) is 2.86. The molecule has 1 saturated heterocycles. The number of halogens is 2. The highest BCUT2D eigenvalue weighted by Gasteiger charge is 2.20. The van der Waals surface area contributed by atoms with Crippen LogP contribution in [0.15, 0.2) is 12.1 Å². The number of benzene rings is 1. The fraction of sp³-hybridized carbons (Fsp3) is 0.462. The van der Waals surface area contributed by atoms with Crippen LogP contribution in [-0.4, -0.2) is 34.3 Å². The first-order chi connectivity index (χ1) is 9.95. The Bertz CT molecular complexity index is 539. The van der Waals surface area contributed by atoms with Crippen molar-refractivity contribution in [3.05, 3.63) is 22.2 Å². The Morgan fingerprint density at radius 2 is 2.24 bits per heavy atom. The number of hydrogen-bond acceptors (Lipinski definition) is 4. The van der Waals surface area contributed by atoms with Gasteiger partial charge >= 0.3 is 0 Å². The van der Waals surface area contributed by atoms with Crippen molar-refractivity contribution in [1.82, 2.24) is 0 Å². The van der Waals surface area contributed by atoms with Crippen molar-refractivity contribution in [3.8, 4) is 0 Å². The van der Waals surface area contributed by atoms with Gasteiger partial charge in [0.15, 0.2) is 0 Å². The van der Waals surface area contributed by atoms with E-state index in [1.54, 1.807) is 0 Å². The number of nitrogens with one attached hydrogen (secondary N) is 1. The molecule has 21 heavy (non-hydrogen) atoms. The first-order valence-electron chi connectivity index (χ1n) is 6.46. The van der Waals surface area contributed by atoms with Gasteiger partial charge in [0, 0.05) is 22.4 Å². The molecule has 8 heteroatoms. The van der Waals surface area contributed by atoms with E-state index >= 15 is 0 Å². The molecule has 1 aliphatic rings. The van der Waals surface area contributed by atoms with Gasteiger partial charge in [-0.1, -0.05) is 23.2 Å².